The van der Waals surface area contributed by atoms with Gasteiger partial charge in [-0.05, 0) is 6.07 Å². The fraction of sp³-hybridized carbons (Fsp3) is 0.250. The second-order valence-electron chi connectivity index (χ2n) is 4.15. The Hall–Kier alpha value is -2.55. The number of carbonyl (C=O) groups excluding carboxylic acids is 1. The number of fused-ring (bicyclic) bond motifs is 1. The number of anilines is 1. The Morgan fingerprint density at radius 3 is 3.10 bits per heavy atom. The van der Waals surface area contributed by atoms with Gasteiger partial charge in [-0.1, -0.05) is 0 Å². The van der Waals surface area contributed by atoms with Crippen LogP contribution in [-0.4, -0.2) is 37.8 Å². The van der Waals surface area contributed by atoms with Gasteiger partial charge < -0.3 is 10.1 Å². The molecule has 108 valence electrons. The molecule has 0 bridgehead atoms. The maximum atomic E-state index is 11.8. The molecule has 0 aliphatic carbocycles. The van der Waals surface area contributed by atoms with E-state index in [1.165, 1.54) is 11.3 Å². The largest absolute Gasteiger partial charge is 0.480 e. The number of nitrogens with zero attached hydrogens (tertiary/aromatic N) is 5. The summed E-state index contributed by atoms with van der Waals surface area (Å²) in [5, 5.41) is 17.4. The van der Waals surface area contributed by atoms with Crippen LogP contribution in [0.25, 0.3) is 5.65 Å². The Morgan fingerprint density at radius 1 is 1.43 bits per heavy atom. The Labute approximate surface area is 123 Å². The molecule has 1 N–H and O–H groups in total. The first-order valence-corrected chi connectivity index (χ1v) is 7.09. The number of hydrogen-bond donors (Lipinski definition) is 1. The highest BCUT2D eigenvalue weighted by molar-refractivity contribution is 7.13. The van der Waals surface area contributed by atoms with E-state index in [-0.39, 0.29) is 12.3 Å². The monoisotopic (exact) mass is 304 g/mol. The third kappa shape index (κ3) is 2.97. The van der Waals surface area contributed by atoms with Crippen LogP contribution in [0.1, 0.15) is 12.2 Å². The van der Waals surface area contributed by atoms with E-state index in [0.29, 0.717) is 28.9 Å². The third-order valence-electron chi connectivity index (χ3n) is 2.77. The fourth-order valence-electron chi connectivity index (χ4n) is 1.77. The molecule has 3 heterocycles. The van der Waals surface area contributed by atoms with E-state index in [9.17, 15) is 4.79 Å². The van der Waals surface area contributed by atoms with Crippen LogP contribution in [0, 0.1) is 0 Å². The summed E-state index contributed by atoms with van der Waals surface area (Å²) in [5.41, 5.74) is 0.617. The van der Waals surface area contributed by atoms with Crippen LogP contribution in [-0.2, 0) is 11.2 Å². The van der Waals surface area contributed by atoms with Crippen LogP contribution in [0.2, 0.25) is 0 Å². The second-order valence-corrected chi connectivity index (χ2v) is 5.04. The normalized spacial score (nSPS) is 10.7. The molecule has 0 aromatic carbocycles. The van der Waals surface area contributed by atoms with Gasteiger partial charge in [-0.2, -0.15) is 4.52 Å². The number of rotatable bonds is 5. The van der Waals surface area contributed by atoms with Crippen molar-refractivity contribution >= 4 is 28.0 Å². The quantitative estimate of drug-likeness (QED) is 0.760. The van der Waals surface area contributed by atoms with Crippen molar-refractivity contribution in [2.45, 2.75) is 12.8 Å². The zero-order chi connectivity index (χ0) is 14.7. The highest BCUT2D eigenvalue weighted by Gasteiger charge is 2.11. The molecule has 3 aromatic heterocycles. The summed E-state index contributed by atoms with van der Waals surface area (Å²) < 4.78 is 6.65. The van der Waals surface area contributed by atoms with Crippen molar-refractivity contribution in [2.75, 3.05) is 12.4 Å². The van der Waals surface area contributed by atoms with Gasteiger partial charge in [0.1, 0.15) is 0 Å². The van der Waals surface area contributed by atoms with Gasteiger partial charge in [0, 0.05) is 30.5 Å². The number of thiazole rings is 1. The first-order valence-electron chi connectivity index (χ1n) is 6.21. The average molecular weight is 304 g/mol. The fourth-order valence-corrected chi connectivity index (χ4v) is 2.32. The second kappa shape index (κ2) is 5.83. The lowest BCUT2D eigenvalue weighted by Crippen LogP contribution is -2.13. The lowest BCUT2D eigenvalue weighted by Gasteiger charge is -2.02. The van der Waals surface area contributed by atoms with Crippen LogP contribution in [0.4, 0.5) is 5.13 Å². The first-order chi connectivity index (χ1) is 10.3. The standard InChI is InChI=1S/C12H12N6O2S/c1-20-11-5-3-9-16-15-8(18(9)17-11)2-4-10(19)14-12-13-6-7-21-12/h3,5-7H,2,4H2,1H3,(H,13,14,19). The number of methoxy groups -OCH3 is 1. The summed E-state index contributed by atoms with van der Waals surface area (Å²) in [6.45, 7) is 0. The lowest BCUT2D eigenvalue weighted by atomic mass is 10.3. The van der Waals surface area contributed by atoms with Crippen molar-refractivity contribution < 1.29 is 9.53 Å². The summed E-state index contributed by atoms with van der Waals surface area (Å²) in [4.78, 5) is 15.8. The summed E-state index contributed by atoms with van der Waals surface area (Å²) in [5.74, 6) is 0.957. The average Bonchev–Trinajstić information content (AvgIpc) is 3.14. The minimum Gasteiger partial charge on any atom is -0.480 e. The summed E-state index contributed by atoms with van der Waals surface area (Å²) >= 11 is 1.38. The molecule has 0 radical (unpaired) electrons. The van der Waals surface area contributed by atoms with Gasteiger partial charge in [-0.3, -0.25) is 4.79 Å². The summed E-state index contributed by atoms with van der Waals surface area (Å²) in [6.07, 6.45) is 2.35. The van der Waals surface area contributed by atoms with Gasteiger partial charge in [-0.25, -0.2) is 4.98 Å². The Balaban J connectivity index is 1.68. The Morgan fingerprint density at radius 2 is 2.33 bits per heavy atom. The van der Waals surface area contributed by atoms with E-state index in [1.54, 1.807) is 35.3 Å². The van der Waals surface area contributed by atoms with Crippen LogP contribution < -0.4 is 10.1 Å². The minimum atomic E-state index is -0.121. The number of hydrogen-bond acceptors (Lipinski definition) is 7. The molecular weight excluding hydrogens is 292 g/mol. The Bertz CT molecular complexity index is 754. The molecule has 3 rings (SSSR count). The van der Waals surface area contributed by atoms with Crippen molar-refractivity contribution in [1.82, 2.24) is 24.8 Å². The minimum absolute atomic E-state index is 0.121. The first kappa shape index (κ1) is 13.4. The van der Waals surface area contributed by atoms with E-state index in [1.807, 2.05) is 0 Å². The number of amides is 1. The zero-order valence-corrected chi connectivity index (χ0v) is 12.0. The van der Waals surface area contributed by atoms with Gasteiger partial charge in [0.15, 0.2) is 16.6 Å². The van der Waals surface area contributed by atoms with E-state index < -0.39 is 0 Å². The van der Waals surface area contributed by atoms with Crippen molar-refractivity contribution in [2.24, 2.45) is 0 Å². The molecule has 3 aromatic rings. The van der Waals surface area contributed by atoms with Crippen LogP contribution in [0.15, 0.2) is 23.7 Å². The number of nitrogens with one attached hydrogen (secondary N) is 1. The van der Waals surface area contributed by atoms with E-state index in [4.69, 9.17) is 4.74 Å². The van der Waals surface area contributed by atoms with E-state index >= 15 is 0 Å². The molecular formula is C12H12N6O2S. The Kier molecular flexibility index (Phi) is 3.73. The molecule has 21 heavy (non-hydrogen) atoms. The van der Waals surface area contributed by atoms with Gasteiger partial charge in [0.05, 0.1) is 7.11 Å². The van der Waals surface area contributed by atoms with E-state index in [0.717, 1.165) is 0 Å². The maximum absolute atomic E-state index is 11.8. The van der Waals surface area contributed by atoms with Gasteiger partial charge >= 0.3 is 0 Å². The van der Waals surface area contributed by atoms with Crippen molar-refractivity contribution in [3.05, 3.63) is 29.5 Å². The number of aromatic nitrogens is 5. The van der Waals surface area contributed by atoms with E-state index in [2.05, 4.69) is 25.6 Å². The molecule has 0 saturated heterocycles. The molecule has 1 amide bonds. The highest BCUT2D eigenvalue weighted by atomic mass is 32.1. The van der Waals surface area contributed by atoms with Crippen LogP contribution in [0.5, 0.6) is 5.88 Å². The number of ether oxygens (including phenoxy) is 1. The SMILES string of the molecule is COc1ccc2nnc(CCC(=O)Nc3nccs3)n2n1. The maximum Gasteiger partial charge on any atom is 0.231 e. The summed E-state index contributed by atoms with van der Waals surface area (Å²) in [6, 6.07) is 3.47. The third-order valence-corrected chi connectivity index (χ3v) is 3.45. The van der Waals surface area contributed by atoms with Crippen LogP contribution in [0.3, 0.4) is 0 Å². The molecule has 0 fully saturated rings. The number of carbonyl (C=O) groups is 1. The van der Waals surface area contributed by atoms with Gasteiger partial charge in [0.2, 0.25) is 11.8 Å². The predicted molar refractivity (Wildman–Crippen MR) is 76.4 cm³/mol. The van der Waals surface area contributed by atoms with Crippen molar-refractivity contribution in [3.8, 4) is 5.88 Å². The number of aryl methyl sites for hydroxylation is 1. The molecule has 0 aliphatic heterocycles. The zero-order valence-electron chi connectivity index (χ0n) is 11.2. The van der Waals surface area contributed by atoms with Crippen LogP contribution >= 0.6 is 11.3 Å². The molecule has 9 heteroatoms. The van der Waals surface area contributed by atoms with Gasteiger partial charge in [0.25, 0.3) is 0 Å². The predicted octanol–water partition coefficient (Wildman–Crippen LogP) is 1.16. The van der Waals surface area contributed by atoms with Crippen molar-refractivity contribution in [3.63, 3.8) is 0 Å². The smallest absolute Gasteiger partial charge is 0.231 e. The molecule has 0 unspecified atom stereocenters. The van der Waals surface area contributed by atoms with Crippen molar-refractivity contribution in [1.29, 1.82) is 0 Å². The van der Waals surface area contributed by atoms with Gasteiger partial charge in [-0.15, -0.1) is 26.6 Å². The molecule has 0 saturated carbocycles. The summed E-state index contributed by atoms with van der Waals surface area (Å²) in [7, 11) is 1.54. The molecule has 0 atom stereocenters. The molecule has 0 spiro atoms. The molecule has 8 nitrogen and oxygen atoms in total. The lowest BCUT2D eigenvalue weighted by molar-refractivity contribution is -0.116. The highest BCUT2D eigenvalue weighted by Crippen LogP contribution is 2.12. The molecule has 0 aliphatic rings. The topological polar surface area (TPSA) is 94.3 Å².